The second-order valence-corrected chi connectivity index (χ2v) is 10.1. The molecule has 1 heterocycles. The van der Waals surface area contributed by atoms with E-state index in [0.717, 1.165) is 12.3 Å². The molecule has 0 amide bonds. The molecule has 0 fully saturated rings. The highest BCUT2D eigenvalue weighted by molar-refractivity contribution is 7.91. The second kappa shape index (κ2) is 7.06. The molecular formula is C16H19N3O6S2. The Kier molecular flexibility index (Phi) is 5.10. The summed E-state index contributed by atoms with van der Waals surface area (Å²) >= 11 is 0. The minimum Gasteiger partial charge on any atom is -0.480 e. The third kappa shape index (κ3) is 4.20. The van der Waals surface area contributed by atoms with Gasteiger partial charge in [-0.1, -0.05) is 6.07 Å². The molecule has 2 N–H and O–H groups in total. The molecule has 0 saturated carbocycles. The number of rotatable bonds is 6. The second-order valence-electron chi connectivity index (χ2n) is 6.41. The Hall–Kier alpha value is -2.24. The van der Waals surface area contributed by atoms with Gasteiger partial charge in [0.05, 0.1) is 22.0 Å². The Labute approximate surface area is 157 Å². The summed E-state index contributed by atoms with van der Waals surface area (Å²) < 4.78 is 52.8. The first-order chi connectivity index (χ1) is 12.6. The number of hydrogen-bond donors (Lipinski definition) is 2. The van der Waals surface area contributed by atoms with Crippen molar-refractivity contribution in [3.63, 3.8) is 0 Å². The first-order valence-electron chi connectivity index (χ1n) is 8.17. The standard InChI is InChI=1S/C16H19N3O6S2/c1-26(22,23)11-4-2-5-12(8-11)27(24,25)18-14-6-3-7-15-13(14)9-17-19(15)10-16(20)21/h2,4-5,8-9,14,18H,3,6-7,10H2,1H3,(H,20,21). The van der Waals surface area contributed by atoms with E-state index >= 15 is 0 Å². The maximum atomic E-state index is 12.7. The van der Waals surface area contributed by atoms with Gasteiger partial charge in [0.1, 0.15) is 6.54 Å². The number of aliphatic carboxylic acids is 1. The lowest BCUT2D eigenvalue weighted by Crippen LogP contribution is -2.31. The van der Waals surface area contributed by atoms with Gasteiger partial charge in [0, 0.05) is 17.5 Å². The van der Waals surface area contributed by atoms with Crippen LogP contribution in [0.2, 0.25) is 0 Å². The molecule has 0 aliphatic heterocycles. The maximum Gasteiger partial charge on any atom is 0.325 e. The fraction of sp³-hybridized carbons (Fsp3) is 0.375. The average Bonchev–Trinajstić information content (AvgIpc) is 2.97. The van der Waals surface area contributed by atoms with Crippen LogP contribution in [0.1, 0.15) is 30.1 Å². The normalized spacial score (nSPS) is 17.4. The Bertz CT molecular complexity index is 1090. The van der Waals surface area contributed by atoms with E-state index in [4.69, 9.17) is 5.11 Å². The van der Waals surface area contributed by atoms with E-state index < -0.39 is 31.9 Å². The van der Waals surface area contributed by atoms with Gasteiger partial charge >= 0.3 is 5.97 Å². The third-order valence-electron chi connectivity index (χ3n) is 4.39. The van der Waals surface area contributed by atoms with Gasteiger partial charge in [0.25, 0.3) is 0 Å². The molecule has 11 heteroatoms. The van der Waals surface area contributed by atoms with E-state index in [1.807, 2.05) is 0 Å². The molecule has 3 rings (SSSR count). The quantitative estimate of drug-likeness (QED) is 0.712. The number of sulfonamides is 1. The predicted molar refractivity (Wildman–Crippen MR) is 95.4 cm³/mol. The molecule has 0 bridgehead atoms. The molecule has 1 atom stereocenters. The lowest BCUT2D eigenvalue weighted by Gasteiger charge is -2.24. The van der Waals surface area contributed by atoms with E-state index in [2.05, 4.69) is 9.82 Å². The van der Waals surface area contributed by atoms with Gasteiger partial charge in [-0.15, -0.1) is 0 Å². The van der Waals surface area contributed by atoms with Crippen molar-refractivity contribution in [3.8, 4) is 0 Å². The van der Waals surface area contributed by atoms with Crippen molar-refractivity contribution in [2.45, 2.75) is 41.6 Å². The Morgan fingerprint density at radius 3 is 2.67 bits per heavy atom. The van der Waals surface area contributed by atoms with Crippen LogP contribution >= 0.6 is 0 Å². The van der Waals surface area contributed by atoms with Crippen LogP contribution in [-0.2, 0) is 37.6 Å². The molecule has 1 aromatic heterocycles. The molecule has 27 heavy (non-hydrogen) atoms. The molecule has 0 spiro atoms. The lowest BCUT2D eigenvalue weighted by atomic mass is 9.94. The molecule has 1 aliphatic rings. The van der Waals surface area contributed by atoms with Crippen molar-refractivity contribution in [2.24, 2.45) is 0 Å². The molecule has 0 radical (unpaired) electrons. The van der Waals surface area contributed by atoms with Gasteiger partial charge in [0.2, 0.25) is 10.0 Å². The third-order valence-corrected chi connectivity index (χ3v) is 6.97. The number of aromatic nitrogens is 2. The predicted octanol–water partition coefficient (Wildman–Crippen LogP) is 0.727. The van der Waals surface area contributed by atoms with Gasteiger partial charge in [-0.05, 0) is 37.5 Å². The minimum absolute atomic E-state index is 0.0796. The van der Waals surface area contributed by atoms with E-state index in [-0.39, 0.29) is 16.3 Å². The molecule has 1 aliphatic carbocycles. The van der Waals surface area contributed by atoms with E-state index in [1.54, 1.807) is 0 Å². The van der Waals surface area contributed by atoms with Crippen molar-refractivity contribution in [3.05, 3.63) is 41.7 Å². The van der Waals surface area contributed by atoms with Crippen LogP contribution in [0, 0.1) is 0 Å². The Balaban J connectivity index is 1.90. The van der Waals surface area contributed by atoms with Crippen LogP contribution in [-0.4, -0.2) is 43.9 Å². The summed E-state index contributed by atoms with van der Waals surface area (Å²) in [6.07, 6.45) is 4.32. The monoisotopic (exact) mass is 413 g/mol. The first kappa shape index (κ1) is 19.5. The number of carbonyl (C=O) groups is 1. The van der Waals surface area contributed by atoms with E-state index in [0.29, 0.717) is 30.5 Å². The molecule has 1 unspecified atom stereocenters. The minimum atomic E-state index is -3.97. The zero-order valence-corrected chi connectivity index (χ0v) is 16.1. The van der Waals surface area contributed by atoms with Gasteiger partial charge in [0.15, 0.2) is 9.84 Å². The van der Waals surface area contributed by atoms with Crippen molar-refractivity contribution >= 4 is 25.8 Å². The lowest BCUT2D eigenvalue weighted by molar-refractivity contribution is -0.137. The summed E-state index contributed by atoms with van der Waals surface area (Å²) in [5.74, 6) is -1.03. The molecule has 0 saturated heterocycles. The van der Waals surface area contributed by atoms with Crippen molar-refractivity contribution in [1.82, 2.24) is 14.5 Å². The van der Waals surface area contributed by atoms with Crippen LogP contribution < -0.4 is 4.72 Å². The summed E-state index contributed by atoms with van der Waals surface area (Å²) in [5.41, 5.74) is 1.34. The number of sulfone groups is 1. The summed E-state index contributed by atoms with van der Waals surface area (Å²) in [6, 6.07) is 4.61. The highest BCUT2D eigenvalue weighted by Gasteiger charge is 2.29. The highest BCUT2D eigenvalue weighted by atomic mass is 32.2. The number of hydrogen-bond acceptors (Lipinski definition) is 6. The number of nitrogens with zero attached hydrogens (tertiary/aromatic N) is 2. The van der Waals surface area contributed by atoms with Gasteiger partial charge in [-0.2, -0.15) is 5.10 Å². The zero-order valence-electron chi connectivity index (χ0n) is 14.5. The maximum absolute atomic E-state index is 12.7. The fourth-order valence-electron chi connectivity index (χ4n) is 3.13. The van der Waals surface area contributed by atoms with Crippen LogP contribution in [0.4, 0.5) is 0 Å². The highest BCUT2D eigenvalue weighted by Crippen LogP contribution is 2.31. The summed E-state index contributed by atoms with van der Waals surface area (Å²) in [6.45, 7) is -0.286. The van der Waals surface area contributed by atoms with Crippen molar-refractivity contribution < 1.29 is 26.7 Å². The van der Waals surface area contributed by atoms with Crippen LogP contribution in [0.25, 0.3) is 0 Å². The molecular weight excluding hydrogens is 394 g/mol. The van der Waals surface area contributed by atoms with Gasteiger partial charge < -0.3 is 5.11 Å². The molecule has 1 aromatic carbocycles. The SMILES string of the molecule is CS(=O)(=O)c1cccc(S(=O)(=O)NC2CCCc3c2cnn3CC(=O)O)c1. The number of fused-ring (bicyclic) bond motifs is 1. The summed E-state index contributed by atoms with van der Waals surface area (Å²) in [5, 5.41) is 13.0. The van der Waals surface area contributed by atoms with Gasteiger partial charge in [-0.25, -0.2) is 21.6 Å². The van der Waals surface area contributed by atoms with Crippen LogP contribution in [0.5, 0.6) is 0 Å². The number of carboxylic acid groups (broad SMARTS) is 1. The Morgan fingerprint density at radius 2 is 2.00 bits per heavy atom. The van der Waals surface area contributed by atoms with Crippen LogP contribution in [0.3, 0.4) is 0 Å². The van der Waals surface area contributed by atoms with Crippen molar-refractivity contribution in [1.29, 1.82) is 0 Å². The molecule has 9 nitrogen and oxygen atoms in total. The fourth-order valence-corrected chi connectivity index (χ4v) is 5.17. The van der Waals surface area contributed by atoms with E-state index in [9.17, 15) is 21.6 Å². The number of carboxylic acids is 1. The summed E-state index contributed by atoms with van der Waals surface area (Å²) in [4.78, 5) is 10.7. The smallest absolute Gasteiger partial charge is 0.325 e. The molecule has 2 aromatic rings. The van der Waals surface area contributed by atoms with Crippen LogP contribution in [0.15, 0.2) is 40.3 Å². The number of benzene rings is 1. The topological polar surface area (TPSA) is 135 Å². The molecule has 146 valence electrons. The summed E-state index contributed by atoms with van der Waals surface area (Å²) in [7, 11) is -7.50. The zero-order chi connectivity index (χ0) is 19.8. The largest absolute Gasteiger partial charge is 0.480 e. The average molecular weight is 413 g/mol. The Morgan fingerprint density at radius 1 is 1.30 bits per heavy atom. The van der Waals surface area contributed by atoms with Gasteiger partial charge in [-0.3, -0.25) is 9.48 Å². The van der Waals surface area contributed by atoms with E-state index in [1.165, 1.54) is 29.1 Å². The first-order valence-corrected chi connectivity index (χ1v) is 11.5. The van der Waals surface area contributed by atoms with Crippen molar-refractivity contribution in [2.75, 3.05) is 6.26 Å². The number of nitrogens with one attached hydrogen (secondary N) is 1.